The standard InChI is InChI=1S/C17H19N5O2S/c1-21(17-20-13-6-2-3-7-14(13)25-17)12-15(23)18-9-5-11-22-16(24)8-4-10-19-22/h2-4,6-8,10H,5,9,11-12H2,1H3,(H,18,23). The summed E-state index contributed by atoms with van der Waals surface area (Å²) in [5, 5.41) is 7.66. The minimum Gasteiger partial charge on any atom is -0.354 e. The van der Waals surface area contributed by atoms with Crippen molar-refractivity contribution >= 4 is 32.6 Å². The van der Waals surface area contributed by atoms with Gasteiger partial charge in [-0.15, -0.1) is 0 Å². The SMILES string of the molecule is CN(CC(=O)NCCCn1ncccc1=O)c1nc2ccccc2s1. The van der Waals surface area contributed by atoms with E-state index in [1.54, 1.807) is 23.6 Å². The van der Waals surface area contributed by atoms with Gasteiger partial charge in [0.15, 0.2) is 5.13 Å². The third-order valence-electron chi connectivity index (χ3n) is 3.64. The molecule has 0 aliphatic rings. The molecule has 0 bridgehead atoms. The molecule has 2 aromatic heterocycles. The van der Waals surface area contributed by atoms with Crippen LogP contribution in [0.25, 0.3) is 10.2 Å². The van der Waals surface area contributed by atoms with Gasteiger partial charge in [-0.3, -0.25) is 9.59 Å². The summed E-state index contributed by atoms with van der Waals surface area (Å²) < 4.78 is 2.49. The molecule has 3 aromatic rings. The first-order valence-corrected chi connectivity index (χ1v) is 8.81. The van der Waals surface area contributed by atoms with E-state index in [2.05, 4.69) is 15.4 Å². The summed E-state index contributed by atoms with van der Waals surface area (Å²) in [7, 11) is 1.85. The highest BCUT2D eigenvalue weighted by molar-refractivity contribution is 7.22. The molecule has 0 aliphatic heterocycles. The number of thiazole rings is 1. The van der Waals surface area contributed by atoms with Crippen LogP contribution in [0.2, 0.25) is 0 Å². The molecule has 0 fully saturated rings. The highest BCUT2D eigenvalue weighted by atomic mass is 32.1. The summed E-state index contributed by atoms with van der Waals surface area (Å²) >= 11 is 1.56. The van der Waals surface area contributed by atoms with Crippen LogP contribution in [0, 0.1) is 0 Å². The molecule has 3 rings (SSSR count). The van der Waals surface area contributed by atoms with E-state index in [1.807, 2.05) is 36.2 Å². The Morgan fingerprint density at radius 2 is 2.12 bits per heavy atom. The van der Waals surface area contributed by atoms with Crippen molar-refractivity contribution in [3.8, 4) is 0 Å². The molecule has 0 spiro atoms. The number of likely N-dealkylation sites (N-methyl/N-ethyl adjacent to an activating group) is 1. The van der Waals surface area contributed by atoms with E-state index in [0.717, 1.165) is 15.3 Å². The van der Waals surface area contributed by atoms with Crippen LogP contribution in [-0.2, 0) is 11.3 Å². The molecule has 25 heavy (non-hydrogen) atoms. The molecule has 1 amide bonds. The van der Waals surface area contributed by atoms with Crippen LogP contribution in [0.3, 0.4) is 0 Å². The molecule has 0 saturated carbocycles. The maximum absolute atomic E-state index is 12.1. The quantitative estimate of drug-likeness (QED) is 0.648. The van der Waals surface area contributed by atoms with Crippen LogP contribution in [0.1, 0.15) is 6.42 Å². The topological polar surface area (TPSA) is 80.1 Å². The van der Waals surface area contributed by atoms with Crippen molar-refractivity contribution in [2.45, 2.75) is 13.0 Å². The third kappa shape index (κ3) is 4.42. The summed E-state index contributed by atoms with van der Waals surface area (Å²) in [6, 6.07) is 11.0. The van der Waals surface area contributed by atoms with Gasteiger partial charge in [0.25, 0.3) is 5.56 Å². The predicted molar refractivity (Wildman–Crippen MR) is 99.0 cm³/mol. The fourth-order valence-electron chi connectivity index (χ4n) is 2.37. The molecule has 7 nitrogen and oxygen atoms in total. The van der Waals surface area contributed by atoms with E-state index in [-0.39, 0.29) is 18.0 Å². The Labute approximate surface area is 148 Å². The van der Waals surface area contributed by atoms with Gasteiger partial charge in [-0.2, -0.15) is 5.10 Å². The Morgan fingerprint density at radius 1 is 1.28 bits per heavy atom. The van der Waals surface area contributed by atoms with Gasteiger partial charge < -0.3 is 10.2 Å². The van der Waals surface area contributed by atoms with Gasteiger partial charge >= 0.3 is 0 Å². The number of para-hydroxylation sites is 1. The lowest BCUT2D eigenvalue weighted by Crippen LogP contribution is -2.36. The number of amides is 1. The molecule has 0 unspecified atom stereocenters. The van der Waals surface area contributed by atoms with Gasteiger partial charge in [0.2, 0.25) is 5.91 Å². The molecule has 0 aliphatic carbocycles. The normalized spacial score (nSPS) is 10.8. The molecular weight excluding hydrogens is 338 g/mol. The van der Waals surface area contributed by atoms with Crippen LogP contribution in [0.5, 0.6) is 0 Å². The van der Waals surface area contributed by atoms with Crippen LogP contribution in [0.15, 0.2) is 47.4 Å². The van der Waals surface area contributed by atoms with Gasteiger partial charge in [-0.25, -0.2) is 9.67 Å². The van der Waals surface area contributed by atoms with Gasteiger partial charge in [0, 0.05) is 32.4 Å². The van der Waals surface area contributed by atoms with Gasteiger partial charge in [-0.05, 0) is 24.6 Å². The zero-order valence-corrected chi connectivity index (χ0v) is 14.7. The number of hydrogen-bond acceptors (Lipinski definition) is 6. The first kappa shape index (κ1) is 17.1. The molecule has 1 aromatic carbocycles. The molecule has 0 saturated heterocycles. The Balaban J connectivity index is 1.45. The summed E-state index contributed by atoms with van der Waals surface area (Å²) in [5.74, 6) is -0.0740. The molecule has 130 valence electrons. The zero-order valence-electron chi connectivity index (χ0n) is 13.9. The minimum atomic E-state index is -0.135. The summed E-state index contributed by atoms with van der Waals surface area (Å²) in [4.78, 5) is 30.0. The lowest BCUT2D eigenvalue weighted by Gasteiger charge is -2.15. The lowest BCUT2D eigenvalue weighted by atomic mass is 10.3. The van der Waals surface area contributed by atoms with E-state index in [0.29, 0.717) is 19.5 Å². The molecular formula is C17H19N5O2S. The van der Waals surface area contributed by atoms with E-state index in [1.165, 1.54) is 10.7 Å². The number of hydrogen-bond donors (Lipinski definition) is 1. The second kappa shape index (κ2) is 7.89. The van der Waals surface area contributed by atoms with E-state index >= 15 is 0 Å². The smallest absolute Gasteiger partial charge is 0.266 e. The predicted octanol–water partition coefficient (Wildman–Crippen LogP) is 1.50. The molecule has 0 atom stereocenters. The molecule has 2 heterocycles. The van der Waals surface area contributed by atoms with Crippen molar-refractivity contribution in [2.24, 2.45) is 0 Å². The highest BCUT2D eigenvalue weighted by Crippen LogP contribution is 2.27. The van der Waals surface area contributed by atoms with Crippen molar-refractivity contribution < 1.29 is 4.79 Å². The Bertz CT molecular complexity index is 887. The third-order valence-corrected chi connectivity index (χ3v) is 4.79. The summed E-state index contributed by atoms with van der Waals surface area (Å²) in [6.45, 7) is 1.21. The zero-order chi connectivity index (χ0) is 17.6. The maximum atomic E-state index is 12.1. The van der Waals surface area contributed by atoms with E-state index in [9.17, 15) is 9.59 Å². The highest BCUT2D eigenvalue weighted by Gasteiger charge is 2.11. The molecule has 1 N–H and O–H groups in total. The number of nitrogens with one attached hydrogen (secondary N) is 1. The average Bonchev–Trinajstić information content (AvgIpc) is 3.04. The Kier molecular flexibility index (Phi) is 5.39. The number of carbonyl (C=O) groups is 1. The van der Waals surface area contributed by atoms with Crippen LogP contribution < -0.4 is 15.8 Å². The number of rotatable bonds is 7. The number of aromatic nitrogens is 3. The second-order valence-corrected chi connectivity index (χ2v) is 6.62. The van der Waals surface area contributed by atoms with Crippen molar-refractivity contribution in [1.82, 2.24) is 20.1 Å². The fourth-order valence-corrected chi connectivity index (χ4v) is 3.30. The molecule has 8 heteroatoms. The minimum absolute atomic E-state index is 0.0740. The van der Waals surface area contributed by atoms with Crippen LogP contribution >= 0.6 is 11.3 Å². The van der Waals surface area contributed by atoms with Gasteiger partial charge in [0.05, 0.1) is 16.8 Å². The van der Waals surface area contributed by atoms with E-state index in [4.69, 9.17) is 0 Å². The van der Waals surface area contributed by atoms with Crippen molar-refractivity contribution in [2.75, 3.05) is 25.0 Å². The number of nitrogens with zero attached hydrogens (tertiary/aromatic N) is 4. The fraction of sp³-hybridized carbons (Fsp3) is 0.294. The largest absolute Gasteiger partial charge is 0.354 e. The number of carbonyl (C=O) groups excluding carboxylic acids is 1. The molecule has 0 radical (unpaired) electrons. The first-order chi connectivity index (χ1) is 12.1. The van der Waals surface area contributed by atoms with Crippen molar-refractivity contribution in [1.29, 1.82) is 0 Å². The number of fused-ring (bicyclic) bond motifs is 1. The number of aryl methyl sites for hydroxylation is 1. The number of benzene rings is 1. The van der Waals surface area contributed by atoms with Gasteiger partial charge in [-0.1, -0.05) is 23.5 Å². The average molecular weight is 357 g/mol. The summed E-state index contributed by atoms with van der Waals surface area (Å²) in [6.07, 6.45) is 2.22. The maximum Gasteiger partial charge on any atom is 0.266 e. The monoisotopic (exact) mass is 357 g/mol. The van der Waals surface area contributed by atoms with Crippen molar-refractivity contribution in [3.05, 3.63) is 52.9 Å². The van der Waals surface area contributed by atoms with Crippen LogP contribution in [-0.4, -0.2) is 40.8 Å². The van der Waals surface area contributed by atoms with E-state index < -0.39 is 0 Å². The van der Waals surface area contributed by atoms with Crippen LogP contribution in [0.4, 0.5) is 5.13 Å². The van der Waals surface area contributed by atoms with Crippen molar-refractivity contribution in [3.63, 3.8) is 0 Å². The van der Waals surface area contributed by atoms with Gasteiger partial charge in [0.1, 0.15) is 0 Å². The number of anilines is 1. The first-order valence-electron chi connectivity index (χ1n) is 7.99. The Morgan fingerprint density at radius 3 is 2.92 bits per heavy atom. The Hall–Kier alpha value is -2.74. The second-order valence-electron chi connectivity index (χ2n) is 5.61. The summed E-state index contributed by atoms with van der Waals surface area (Å²) in [5.41, 5.74) is 0.806. The lowest BCUT2D eigenvalue weighted by molar-refractivity contribution is -0.119.